The number of hydrogen-bond acceptors (Lipinski definition) is 0. The summed E-state index contributed by atoms with van der Waals surface area (Å²) in [6, 6.07) is 5.88. The summed E-state index contributed by atoms with van der Waals surface area (Å²) in [4.78, 5) is 3.18. The number of rotatable bonds is 2. The molecule has 0 fully saturated rings. The minimum atomic E-state index is 0.763. The molecular formula is C11H10ClN. The summed E-state index contributed by atoms with van der Waals surface area (Å²) in [5, 5.41) is 1.99. The van der Waals surface area contributed by atoms with Gasteiger partial charge in [-0.3, -0.25) is 0 Å². The highest BCUT2D eigenvalue weighted by molar-refractivity contribution is 6.31. The summed E-state index contributed by atoms with van der Waals surface area (Å²) >= 11 is 5.86. The van der Waals surface area contributed by atoms with E-state index in [1.54, 1.807) is 0 Å². The second kappa shape index (κ2) is 3.27. The summed E-state index contributed by atoms with van der Waals surface area (Å²) < 4.78 is 0. The van der Waals surface area contributed by atoms with E-state index in [1.807, 2.05) is 30.5 Å². The third kappa shape index (κ3) is 1.47. The van der Waals surface area contributed by atoms with E-state index in [0.29, 0.717) is 0 Å². The lowest BCUT2D eigenvalue weighted by atomic mass is 10.1. The van der Waals surface area contributed by atoms with Crippen LogP contribution in [0.2, 0.25) is 5.02 Å². The highest BCUT2D eigenvalue weighted by Gasteiger charge is 2.01. The molecule has 1 N–H and O–H groups in total. The molecule has 1 heterocycles. The first-order valence-corrected chi connectivity index (χ1v) is 4.55. The summed E-state index contributed by atoms with van der Waals surface area (Å²) in [5.74, 6) is 0. The first-order valence-electron chi connectivity index (χ1n) is 4.17. The lowest BCUT2D eigenvalue weighted by Crippen LogP contribution is -1.75. The van der Waals surface area contributed by atoms with Crippen LogP contribution in [0.3, 0.4) is 0 Å². The lowest BCUT2D eigenvalue weighted by molar-refractivity contribution is 1.29. The van der Waals surface area contributed by atoms with Gasteiger partial charge in [-0.1, -0.05) is 23.7 Å². The van der Waals surface area contributed by atoms with Crippen LogP contribution in [0.15, 0.2) is 37.1 Å². The maximum atomic E-state index is 5.86. The van der Waals surface area contributed by atoms with Crippen molar-refractivity contribution in [2.24, 2.45) is 0 Å². The van der Waals surface area contributed by atoms with Crippen molar-refractivity contribution in [1.29, 1.82) is 0 Å². The molecular weight excluding hydrogens is 182 g/mol. The number of benzene rings is 1. The Morgan fingerprint density at radius 1 is 1.46 bits per heavy atom. The molecule has 1 nitrogen and oxygen atoms in total. The largest absolute Gasteiger partial charge is 0.361 e. The third-order valence-electron chi connectivity index (χ3n) is 2.09. The summed E-state index contributed by atoms with van der Waals surface area (Å²) in [5.41, 5.74) is 2.35. The Bertz CT molecular complexity index is 442. The van der Waals surface area contributed by atoms with Gasteiger partial charge in [-0.2, -0.15) is 0 Å². The second-order valence-electron chi connectivity index (χ2n) is 3.00. The van der Waals surface area contributed by atoms with Crippen molar-refractivity contribution in [2.75, 3.05) is 0 Å². The van der Waals surface area contributed by atoms with Gasteiger partial charge in [0.25, 0.3) is 0 Å². The maximum Gasteiger partial charge on any atom is 0.0471 e. The molecule has 0 aliphatic rings. The van der Waals surface area contributed by atoms with Gasteiger partial charge in [0.15, 0.2) is 0 Å². The predicted molar refractivity (Wildman–Crippen MR) is 57.2 cm³/mol. The fraction of sp³-hybridized carbons (Fsp3) is 0.0909. The molecule has 0 bridgehead atoms. The molecule has 0 aliphatic carbocycles. The van der Waals surface area contributed by atoms with Crippen molar-refractivity contribution >= 4 is 22.5 Å². The smallest absolute Gasteiger partial charge is 0.0471 e. The van der Waals surface area contributed by atoms with E-state index >= 15 is 0 Å². The Labute approximate surface area is 82.0 Å². The first-order chi connectivity index (χ1) is 6.31. The fourth-order valence-electron chi connectivity index (χ4n) is 1.48. The van der Waals surface area contributed by atoms with E-state index in [-0.39, 0.29) is 0 Å². The lowest BCUT2D eigenvalue weighted by Gasteiger charge is -1.94. The van der Waals surface area contributed by atoms with Gasteiger partial charge in [-0.15, -0.1) is 6.58 Å². The molecule has 0 amide bonds. The van der Waals surface area contributed by atoms with Gasteiger partial charge in [-0.25, -0.2) is 0 Å². The van der Waals surface area contributed by atoms with Gasteiger partial charge in [0, 0.05) is 22.1 Å². The molecule has 2 heteroatoms. The van der Waals surface area contributed by atoms with Crippen LogP contribution in [0.1, 0.15) is 5.56 Å². The minimum absolute atomic E-state index is 0.763. The van der Waals surface area contributed by atoms with Crippen molar-refractivity contribution in [3.63, 3.8) is 0 Å². The minimum Gasteiger partial charge on any atom is -0.361 e. The second-order valence-corrected chi connectivity index (χ2v) is 3.43. The third-order valence-corrected chi connectivity index (χ3v) is 2.33. The van der Waals surface area contributed by atoms with E-state index in [2.05, 4.69) is 11.6 Å². The number of aromatic amines is 1. The topological polar surface area (TPSA) is 15.8 Å². The average molecular weight is 192 g/mol. The van der Waals surface area contributed by atoms with Crippen LogP contribution in [-0.2, 0) is 6.42 Å². The Morgan fingerprint density at radius 2 is 2.31 bits per heavy atom. The summed E-state index contributed by atoms with van der Waals surface area (Å²) in [7, 11) is 0. The molecule has 2 rings (SSSR count). The molecule has 66 valence electrons. The van der Waals surface area contributed by atoms with Crippen LogP contribution in [0.25, 0.3) is 10.9 Å². The number of allylic oxidation sites excluding steroid dienone is 1. The van der Waals surface area contributed by atoms with Crippen molar-refractivity contribution in [2.45, 2.75) is 6.42 Å². The predicted octanol–water partition coefficient (Wildman–Crippen LogP) is 3.55. The average Bonchev–Trinajstić information content (AvgIpc) is 2.49. The monoisotopic (exact) mass is 191 g/mol. The van der Waals surface area contributed by atoms with Crippen LogP contribution in [0.5, 0.6) is 0 Å². The molecule has 2 aromatic rings. The van der Waals surface area contributed by atoms with Crippen LogP contribution in [0, 0.1) is 0 Å². The quantitative estimate of drug-likeness (QED) is 0.699. The number of halogens is 1. The van der Waals surface area contributed by atoms with E-state index in [0.717, 1.165) is 17.0 Å². The molecule has 0 radical (unpaired) electrons. The number of hydrogen-bond donors (Lipinski definition) is 1. The van der Waals surface area contributed by atoms with E-state index in [1.165, 1.54) is 10.9 Å². The van der Waals surface area contributed by atoms with Gasteiger partial charge in [0.05, 0.1) is 0 Å². The zero-order valence-corrected chi connectivity index (χ0v) is 7.93. The number of fused-ring (bicyclic) bond motifs is 1. The molecule has 0 atom stereocenters. The maximum absolute atomic E-state index is 5.86. The van der Waals surface area contributed by atoms with Crippen molar-refractivity contribution in [3.8, 4) is 0 Å². The fourth-order valence-corrected chi connectivity index (χ4v) is 1.66. The summed E-state index contributed by atoms with van der Waals surface area (Å²) in [6.07, 6.45) is 4.79. The molecule has 0 unspecified atom stereocenters. The Kier molecular flexibility index (Phi) is 2.11. The van der Waals surface area contributed by atoms with Crippen LogP contribution < -0.4 is 0 Å². The molecule has 0 saturated heterocycles. The number of H-pyrrole nitrogens is 1. The zero-order chi connectivity index (χ0) is 9.26. The Hall–Kier alpha value is -1.21. The standard InChI is InChI=1S/C11H10ClN/c1-2-3-8-7-13-11-6-9(12)4-5-10(8)11/h2,4-7,13H,1,3H2. The molecule has 0 aliphatic heterocycles. The molecule has 13 heavy (non-hydrogen) atoms. The molecule has 1 aromatic heterocycles. The number of aromatic nitrogens is 1. The number of nitrogens with one attached hydrogen (secondary N) is 1. The highest BCUT2D eigenvalue weighted by atomic mass is 35.5. The normalized spacial score (nSPS) is 10.5. The van der Waals surface area contributed by atoms with Crippen molar-refractivity contribution in [1.82, 2.24) is 4.98 Å². The Morgan fingerprint density at radius 3 is 3.08 bits per heavy atom. The van der Waals surface area contributed by atoms with Crippen molar-refractivity contribution < 1.29 is 0 Å². The highest BCUT2D eigenvalue weighted by Crippen LogP contribution is 2.22. The summed E-state index contributed by atoms with van der Waals surface area (Å²) in [6.45, 7) is 3.72. The van der Waals surface area contributed by atoms with Crippen LogP contribution in [-0.4, -0.2) is 4.98 Å². The van der Waals surface area contributed by atoms with Gasteiger partial charge in [0.1, 0.15) is 0 Å². The molecule has 1 aromatic carbocycles. The van der Waals surface area contributed by atoms with Crippen LogP contribution >= 0.6 is 11.6 Å². The van der Waals surface area contributed by atoms with Gasteiger partial charge >= 0.3 is 0 Å². The van der Waals surface area contributed by atoms with E-state index in [4.69, 9.17) is 11.6 Å². The first kappa shape index (κ1) is 8.39. The molecule has 0 spiro atoms. The zero-order valence-electron chi connectivity index (χ0n) is 7.18. The van der Waals surface area contributed by atoms with Crippen molar-refractivity contribution in [3.05, 3.63) is 47.6 Å². The van der Waals surface area contributed by atoms with E-state index < -0.39 is 0 Å². The Balaban J connectivity index is 2.61. The van der Waals surface area contributed by atoms with Crippen LogP contribution in [0.4, 0.5) is 0 Å². The molecule has 0 saturated carbocycles. The van der Waals surface area contributed by atoms with E-state index in [9.17, 15) is 0 Å². The van der Waals surface area contributed by atoms with Gasteiger partial charge in [0.2, 0.25) is 0 Å². The van der Waals surface area contributed by atoms with Gasteiger partial charge in [-0.05, 0) is 24.1 Å². The SMILES string of the molecule is C=CCc1c[nH]c2cc(Cl)ccc12. The van der Waals surface area contributed by atoms with Gasteiger partial charge < -0.3 is 4.98 Å².